The zero-order valence-electron chi connectivity index (χ0n) is 9.93. The largest absolute Gasteiger partial charge is 0.452 e. The van der Waals surface area contributed by atoms with E-state index in [1.807, 2.05) is 13.0 Å². The van der Waals surface area contributed by atoms with E-state index in [1.54, 1.807) is 18.2 Å². The van der Waals surface area contributed by atoms with Gasteiger partial charge in [0.1, 0.15) is 0 Å². The van der Waals surface area contributed by atoms with Crippen LogP contribution in [-0.2, 0) is 14.3 Å². The van der Waals surface area contributed by atoms with Gasteiger partial charge in [-0.3, -0.25) is 9.59 Å². The fourth-order valence-electron chi connectivity index (χ4n) is 1.22. The Labute approximate surface area is 104 Å². The molecular formula is C12H14N2O4. The van der Waals surface area contributed by atoms with Crippen LogP contribution in [0.25, 0.3) is 0 Å². The van der Waals surface area contributed by atoms with Crippen LogP contribution >= 0.6 is 0 Å². The topological polar surface area (TPSA) is 98.5 Å². The fraction of sp³-hybridized carbons (Fsp3) is 0.250. The van der Waals surface area contributed by atoms with Crippen LogP contribution < -0.4 is 11.1 Å². The van der Waals surface area contributed by atoms with Crippen molar-refractivity contribution >= 4 is 17.8 Å². The second-order valence-corrected chi connectivity index (χ2v) is 3.69. The van der Waals surface area contributed by atoms with Crippen LogP contribution in [0, 0.1) is 6.92 Å². The van der Waals surface area contributed by atoms with Crippen LogP contribution in [0.3, 0.4) is 0 Å². The summed E-state index contributed by atoms with van der Waals surface area (Å²) < 4.78 is 4.77. The summed E-state index contributed by atoms with van der Waals surface area (Å²) in [6, 6.07) is 6.82. The summed E-state index contributed by atoms with van der Waals surface area (Å²) in [5.74, 6) is -1.82. The second-order valence-electron chi connectivity index (χ2n) is 3.69. The lowest BCUT2D eigenvalue weighted by atomic mass is 10.1. The molecule has 1 aromatic carbocycles. The van der Waals surface area contributed by atoms with Crippen LogP contribution in [0.5, 0.6) is 0 Å². The number of benzene rings is 1. The molecule has 2 amide bonds. The molecule has 0 radical (unpaired) electrons. The molecule has 0 fully saturated rings. The molecule has 0 saturated carbocycles. The minimum atomic E-state index is -0.659. The first kappa shape index (κ1) is 13.7. The van der Waals surface area contributed by atoms with Gasteiger partial charge in [-0.25, -0.2) is 4.79 Å². The number of aryl methyl sites for hydroxylation is 1. The van der Waals surface area contributed by atoms with Crippen LogP contribution in [-0.4, -0.2) is 30.9 Å². The Hall–Kier alpha value is -2.37. The van der Waals surface area contributed by atoms with Gasteiger partial charge in [0.05, 0.1) is 12.1 Å². The van der Waals surface area contributed by atoms with Crippen molar-refractivity contribution in [1.29, 1.82) is 0 Å². The lowest BCUT2D eigenvalue weighted by Crippen LogP contribution is -2.35. The Bertz CT molecular complexity index is 471. The van der Waals surface area contributed by atoms with Crippen molar-refractivity contribution in [1.82, 2.24) is 5.32 Å². The Morgan fingerprint density at radius 1 is 1.33 bits per heavy atom. The number of rotatable bonds is 5. The summed E-state index contributed by atoms with van der Waals surface area (Å²) in [5, 5.41) is 2.21. The van der Waals surface area contributed by atoms with Crippen LogP contribution in [0.2, 0.25) is 0 Å². The van der Waals surface area contributed by atoms with E-state index in [2.05, 4.69) is 5.32 Å². The molecule has 0 aliphatic carbocycles. The maximum absolute atomic E-state index is 11.5. The summed E-state index contributed by atoms with van der Waals surface area (Å²) >= 11 is 0. The van der Waals surface area contributed by atoms with Gasteiger partial charge in [-0.2, -0.15) is 0 Å². The van der Waals surface area contributed by atoms with Crippen molar-refractivity contribution in [3.05, 3.63) is 35.4 Å². The summed E-state index contributed by atoms with van der Waals surface area (Å²) in [4.78, 5) is 33.1. The van der Waals surface area contributed by atoms with E-state index < -0.39 is 24.4 Å². The third kappa shape index (κ3) is 4.65. The zero-order chi connectivity index (χ0) is 13.5. The smallest absolute Gasteiger partial charge is 0.338 e. The molecule has 0 saturated heterocycles. The number of carbonyl (C=O) groups excluding carboxylic acids is 3. The van der Waals surface area contributed by atoms with Gasteiger partial charge in [-0.05, 0) is 19.1 Å². The van der Waals surface area contributed by atoms with E-state index in [0.717, 1.165) is 5.56 Å². The number of esters is 1. The summed E-state index contributed by atoms with van der Waals surface area (Å²) in [6.07, 6.45) is 0. The van der Waals surface area contributed by atoms with Gasteiger partial charge < -0.3 is 15.8 Å². The normalized spacial score (nSPS) is 9.61. The Morgan fingerprint density at radius 2 is 2.06 bits per heavy atom. The highest BCUT2D eigenvalue weighted by atomic mass is 16.5. The third-order valence-electron chi connectivity index (χ3n) is 2.05. The maximum atomic E-state index is 11.5. The first-order chi connectivity index (χ1) is 8.49. The third-order valence-corrected chi connectivity index (χ3v) is 2.05. The molecule has 0 aromatic heterocycles. The number of nitrogens with two attached hydrogens (primary N) is 1. The van der Waals surface area contributed by atoms with Crippen molar-refractivity contribution in [3.63, 3.8) is 0 Å². The number of carbonyl (C=O) groups is 3. The second kappa shape index (κ2) is 6.39. The monoisotopic (exact) mass is 250 g/mol. The van der Waals surface area contributed by atoms with Crippen molar-refractivity contribution < 1.29 is 19.1 Å². The van der Waals surface area contributed by atoms with Crippen molar-refractivity contribution in [2.45, 2.75) is 6.92 Å². The van der Waals surface area contributed by atoms with Gasteiger partial charge in [-0.1, -0.05) is 17.7 Å². The zero-order valence-corrected chi connectivity index (χ0v) is 9.93. The van der Waals surface area contributed by atoms with E-state index in [4.69, 9.17) is 10.5 Å². The van der Waals surface area contributed by atoms with E-state index in [1.165, 1.54) is 0 Å². The van der Waals surface area contributed by atoms with E-state index >= 15 is 0 Å². The van der Waals surface area contributed by atoms with Crippen LogP contribution in [0.4, 0.5) is 0 Å². The molecule has 6 nitrogen and oxygen atoms in total. The SMILES string of the molecule is Cc1cccc(C(=O)OCC(=O)NCC(N)=O)c1. The molecule has 0 heterocycles. The van der Waals surface area contributed by atoms with Gasteiger partial charge in [0.25, 0.3) is 5.91 Å². The minimum Gasteiger partial charge on any atom is -0.452 e. The lowest BCUT2D eigenvalue weighted by molar-refractivity contribution is -0.127. The number of ether oxygens (including phenoxy) is 1. The molecule has 6 heteroatoms. The number of nitrogens with one attached hydrogen (secondary N) is 1. The molecule has 1 aromatic rings. The summed E-state index contributed by atoms with van der Waals surface area (Å²) in [6.45, 7) is 1.12. The van der Waals surface area contributed by atoms with Gasteiger partial charge >= 0.3 is 5.97 Å². The number of hydrogen-bond acceptors (Lipinski definition) is 4. The first-order valence-electron chi connectivity index (χ1n) is 5.28. The van der Waals surface area contributed by atoms with E-state index in [0.29, 0.717) is 5.56 Å². The minimum absolute atomic E-state index is 0.277. The molecule has 0 aliphatic rings. The number of hydrogen-bond donors (Lipinski definition) is 2. The van der Waals surface area contributed by atoms with Gasteiger partial charge in [0.15, 0.2) is 6.61 Å². The maximum Gasteiger partial charge on any atom is 0.338 e. The first-order valence-corrected chi connectivity index (χ1v) is 5.28. The average Bonchev–Trinajstić information content (AvgIpc) is 2.33. The Kier molecular flexibility index (Phi) is 4.86. The fourth-order valence-corrected chi connectivity index (χ4v) is 1.22. The van der Waals surface area contributed by atoms with Crippen molar-refractivity contribution in [2.24, 2.45) is 5.73 Å². The molecule has 0 spiro atoms. The quantitative estimate of drug-likeness (QED) is 0.704. The summed E-state index contributed by atoms with van der Waals surface area (Å²) in [5.41, 5.74) is 6.13. The molecule has 0 bridgehead atoms. The van der Waals surface area contributed by atoms with Crippen LogP contribution in [0.1, 0.15) is 15.9 Å². The molecule has 0 aliphatic heterocycles. The van der Waals surface area contributed by atoms with Crippen LogP contribution in [0.15, 0.2) is 24.3 Å². The molecule has 96 valence electrons. The molecule has 0 atom stereocenters. The lowest BCUT2D eigenvalue weighted by Gasteiger charge is -2.05. The molecule has 3 N–H and O–H groups in total. The van der Waals surface area contributed by atoms with Gasteiger partial charge in [0, 0.05) is 0 Å². The number of amides is 2. The van der Waals surface area contributed by atoms with Crippen molar-refractivity contribution in [3.8, 4) is 0 Å². The van der Waals surface area contributed by atoms with E-state index in [-0.39, 0.29) is 6.54 Å². The molecule has 0 unspecified atom stereocenters. The predicted octanol–water partition coefficient (Wildman–Crippen LogP) is -0.247. The van der Waals surface area contributed by atoms with Crippen molar-refractivity contribution in [2.75, 3.05) is 13.2 Å². The Morgan fingerprint density at radius 3 is 2.67 bits per heavy atom. The highest BCUT2D eigenvalue weighted by Gasteiger charge is 2.10. The molecule has 18 heavy (non-hydrogen) atoms. The average molecular weight is 250 g/mol. The highest BCUT2D eigenvalue weighted by molar-refractivity contribution is 5.92. The summed E-state index contributed by atoms with van der Waals surface area (Å²) in [7, 11) is 0. The van der Waals surface area contributed by atoms with Gasteiger partial charge in [-0.15, -0.1) is 0 Å². The molecule has 1 rings (SSSR count). The number of primary amides is 1. The predicted molar refractivity (Wildman–Crippen MR) is 63.7 cm³/mol. The highest BCUT2D eigenvalue weighted by Crippen LogP contribution is 2.05. The Balaban J connectivity index is 2.42. The van der Waals surface area contributed by atoms with E-state index in [9.17, 15) is 14.4 Å². The standard InChI is InChI=1S/C12H14N2O4/c1-8-3-2-4-9(5-8)12(17)18-7-11(16)14-6-10(13)15/h2-5H,6-7H2,1H3,(H2,13,15)(H,14,16). The molecular weight excluding hydrogens is 236 g/mol. The van der Waals surface area contributed by atoms with Gasteiger partial charge in [0.2, 0.25) is 5.91 Å².